The number of amides is 1. The van der Waals surface area contributed by atoms with E-state index in [1.165, 1.54) is 22.7 Å². The number of hydrogen-bond acceptors (Lipinski definition) is 4. The molecule has 1 aliphatic rings. The second kappa shape index (κ2) is 8.16. The van der Waals surface area contributed by atoms with Crippen LogP contribution in [-0.4, -0.2) is 57.2 Å². The topological polar surface area (TPSA) is 79.0 Å². The van der Waals surface area contributed by atoms with Gasteiger partial charge in [-0.15, -0.1) is 0 Å². The average molecular weight is 369 g/mol. The molecule has 1 unspecified atom stereocenters. The monoisotopic (exact) mass is 369 g/mol. The van der Waals surface area contributed by atoms with Crippen molar-refractivity contribution >= 4 is 16.1 Å². The molecule has 140 valence electrons. The fraction of sp³-hybridized carbons (Fsp3) is 0.588. The van der Waals surface area contributed by atoms with E-state index >= 15 is 0 Å². The van der Waals surface area contributed by atoms with Crippen molar-refractivity contribution in [1.29, 1.82) is 0 Å². The second-order valence-electron chi connectivity index (χ2n) is 6.44. The van der Waals surface area contributed by atoms with Gasteiger partial charge in [-0.3, -0.25) is 4.79 Å². The van der Waals surface area contributed by atoms with Crippen molar-refractivity contribution in [2.24, 2.45) is 5.92 Å². The van der Waals surface area contributed by atoms with Crippen LogP contribution in [0.5, 0.6) is 5.75 Å². The fourth-order valence-electron chi connectivity index (χ4n) is 3.01. The largest absolute Gasteiger partial charge is 0.496 e. The third kappa shape index (κ3) is 4.50. The predicted octanol–water partition coefficient (Wildman–Crippen LogP) is 1.39. The van der Waals surface area contributed by atoms with E-state index in [0.717, 1.165) is 11.3 Å². The number of nitrogens with one attached hydrogen (secondary N) is 1. The molecule has 1 aromatic rings. The quantitative estimate of drug-likeness (QED) is 0.822. The van der Waals surface area contributed by atoms with E-state index in [4.69, 9.17) is 4.74 Å². The first-order chi connectivity index (χ1) is 11.8. The minimum atomic E-state index is -3.41. The first kappa shape index (κ1) is 19.7. The van der Waals surface area contributed by atoms with Crippen LogP contribution in [0.1, 0.15) is 31.4 Å². The van der Waals surface area contributed by atoms with Crippen molar-refractivity contribution in [3.63, 3.8) is 0 Å². The molecule has 1 heterocycles. The summed E-state index contributed by atoms with van der Waals surface area (Å²) in [6.07, 6.45) is 1.05. The van der Waals surface area contributed by atoms with Crippen molar-refractivity contribution < 1.29 is 17.9 Å². The van der Waals surface area contributed by atoms with Gasteiger partial charge in [-0.2, -0.15) is 17.0 Å². The van der Waals surface area contributed by atoms with Crippen LogP contribution in [0.3, 0.4) is 0 Å². The summed E-state index contributed by atoms with van der Waals surface area (Å²) in [7, 11) is 1.23. The van der Waals surface area contributed by atoms with E-state index in [2.05, 4.69) is 5.32 Å². The zero-order valence-corrected chi connectivity index (χ0v) is 16.0. The van der Waals surface area contributed by atoms with Gasteiger partial charge in [0, 0.05) is 38.7 Å². The molecule has 1 amide bonds. The van der Waals surface area contributed by atoms with Crippen LogP contribution in [0.2, 0.25) is 0 Å². The highest BCUT2D eigenvalue weighted by atomic mass is 32.2. The zero-order valence-electron chi connectivity index (χ0n) is 15.2. The highest BCUT2D eigenvalue weighted by molar-refractivity contribution is 7.86. The van der Waals surface area contributed by atoms with E-state index in [9.17, 15) is 13.2 Å². The smallest absolute Gasteiger partial charge is 0.281 e. The predicted molar refractivity (Wildman–Crippen MR) is 96.5 cm³/mol. The number of ether oxygens (including phenoxy) is 1. The lowest BCUT2D eigenvalue weighted by atomic mass is 9.96. The molecule has 0 spiro atoms. The third-order valence-corrected chi connectivity index (χ3v) is 6.52. The van der Waals surface area contributed by atoms with E-state index in [1.807, 2.05) is 31.2 Å². The van der Waals surface area contributed by atoms with Crippen LogP contribution in [0, 0.1) is 5.92 Å². The van der Waals surface area contributed by atoms with Crippen molar-refractivity contribution in [2.75, 3.05) is 34.3 Å². The summed E-state index contributed by atoms with van der Waals surface area (Å²) < 4.78 is 32.2. The van der Waals surface area contributed by atoms with Gasteiger partial charge in [0.15, 0.2) is 0 Å². The van der Waals surface area contributed by atoms with Gasteiger partial charge < -0.3 is 10.1 Å². The Morgan fingerprint density at radius 2 is 1.88 bits per heavy atom. The molecule has 0 radical (unpaired) electrons. The van der Waals surface area contributed by atoms with Crippen molar-refractivity contribution in [3.05, 3.63) is 29.8 Å². The first-order valence-corrected chi connectivity index (χ1v) is 9.78. The van der Waals surface area contributed by atoms with Gasteiger partial charge in [-0.1, -0.05) is 18.2 Å². The lowest BCUT2D eigenvalue weighted by Gasteiger charge is -2.32. The Morgan fingerprint density at radius 1 is 1.28 bits per heavy atom. The van der Waals surface area contributed by atoms with Crippen LogP contribution in [0.25, 0.3) is 0 Å². The molecule has 1 atom stereocenters. The fourth-order valence-corrected chi connectivity index (χ4v) is 4.15. The molecule has 1 fully saturated rings. The molecule has 0 aliphatic carbocycles. The molecule has 8 heteroatoms. The summed E-state index contributed by atoms with van der Waals surface area (Å²) in [6, 6.07) is 7.41. The molecule has 7 nitrogen and oxygen atoms in total. The first-order valence-electron chi connectivity index (χ1n) is 8.38. The standard InChI is InChI=1S/C17H27N3O4S/c1-13(15-7-5-6-8-16(15)24-4)18-17(21)14-9-11-20(12-10-14)25(22,23)19(2)3/h5-8,13-14H,9-12H2,1-4H3,(H,18,21). The summed E-state index contributed by atoms with van der Waals surface area (Å²) in [5.41, 5.74) is 0.922. The van der Waals surface area contributed by atoms with E-state index in [-0.39, 0.29) is 17.9 Å². The van der Waals surface area contributed by atoms with Gasteiger partial charge >= 0.3 is 0 Å². The van der Waals surface area contributed by atoms with Gasteiger partial charge in [0.1, 0.15) is 5.75 Å². The normalized spacial score (nSPS) is 18.1. The highest BCUT2D eigenvalue weighted by Crippen LogP contribution is 2.26. The molecule has 0 saturated carbocycles. The number of carbonyl (C=O) groups is 1. The Kier molecular flexibility index (Phi) is 6.42. The Bertz CT molecular complexity index is 698. The molecule has 0 bridgehead atoms. The number of rotatable bonds is 6. The molecule has 1 saturated heterocycles. The van der Waals surface area contributed by atoms with Gasteiger partial charge in [-0.25, -0.2) is 0 Å². The number of methoxy groups -OCH3 is 1. The molecular formula is C17H27N3O4S. The van der Waals surface area contributed by atoms with Gasteiger partial charge in [-0.05, 0) is 25.8 Å². The van der Waals surface area contributed by atoms with E-state index < -0.39 is 10.2 Å². The number of carbonyl (C=O) groups excluding carboxylic acids is 1. The summed E-state index contributed by atoms with van der Waals surface area (Å²) in [4.78, 5) is 12.5. The zero-order chi connectivity index (χ0) is 18.6. The minimum absolute atomic E-state index is 0.0414. The SMILES string of the molecule is COc1ccccc1C(C)NC(=O)C1CCN(S(=O)(=O)N(C)C)CC1. The van der Waals surface area contributed by atoms with Crippen molar-refractivity contribution in [2.45, 2.75) is 25.8 Å². The number of piperidine rings is 1. The second-order valence-corrected chi connectivity index (χ2v) is 8.58. The average Bonchev–Trinajstić information content (AvgIpc) is 2.61. The maximum Gasteiger partial charge on any atom is 0.281 e. The van der Waals surface area contributed by atoms with Crippen LogP contribution in [-0.2, 0) is 15.0 Å². The maximum absolute atomic E-state index is 12.5. The summed E-state index contributed by atoms with van der Waals surface area (Å²) in [6.45, 7) is 2.64. The Labute approximate surface area is 150 Å². The molecule has 2 rings (SSSR count). The molecule has 1 aliphatic heterocycles. The van der Waals surface area contributed by atoms with Gasteiger partial charge in [0.25, 0.3) is 10.2 Å². The van der Waals surface area contributed by atoms with E-state index in [1.54, 1.807) is 7.11 Å². The Hall–Kier alpha value is -1.64. The van der Waals surface area contributed by atoms with Crippen LogP contribution in [0.4, 0.5) is 0 Å². The lowest BCUT2D eigenvalue weighted by Crippen LogP contribution is -2.47. The molecular weight excluding hydrogens is 342 g/mol. The van der Waals surface area contributed by atoms with Gasteiger partial charge in [0.2, 0.25) is 5.91 Å². The Balaban J connectivity index is 1.95. The summed E-state index contributed by atoms with van der Waals surface area (Å²) in [5, 5.41) is 3.02. The minimum Gasteiger partial charge on any atom is -0.496 e. The summed E-state index contributed by atoms with van der Waals surface area (Å²) in [5.74, 6) is 0.522. The molecule has 1 aromatic carbocycles. The van der Waals surface area contributed by atoms with Crippen molar-refractivity contribution in [3.8, 4) is 5.75 Å². The number of hydrogen-bond donors (Lipinski definition) is 1. The third-order valence-electron chi connectivity index (χ3n) is 4.58. The number of nitrogens with zero attached hydrogens (tertiary/aromatic N) is 2. The molecule has 25 heavy (non-hydrogen) atoms. The number of benzene rings is 1. The molecule has 0 aromatic heterocycles. The lowest BCUT2D eigenvalue weighted by molar-refractivity contribution is -0.126. The van der Waals surface area contributed by atoms with Crippen LogP contribution >= 0.6 is 0 Å². The van der Waals surface area contributed by atoms with Gasteiger partial charge in [0.05, 0.1) is 13.2 Å². The molecule has 1 N–H and O–H groups in total. The summed E-state index contributed by atoms with van der Waals surface area (Å²) >= 11 is 0. The van der Waals surface area contributed by atoms with Crippen molar-refractivity contribution in [1.82, 2.24) is 13.9 Å². The van der Waals surface area contributed by atoms with Crippen LogP contribution in [0.15, 0.2) is 24.3 Å². The number of para-hydroxylation sites is 1. The maximum atomic E-state index is 12.5. The van der Waals surface area contributed by atoms with Crippen LogP contribution < -0.4 is 10.1 Å². The highest BCUT2D eigenvalue weighted by Gasteiger charge is 2.32. The van der Waals surface area contributed by atoms with E-state index in [0.29, 0.717) is 25.9 Å². The Morgan fingerprint density at radius 3 is 2.44 bits per heavy atom.